The summed E-state index contributed by atoms with van der Waals surface area (Å²) in [7, 11) is 0. The molecule has 0 fully saturated rings. The topological polar surface area (TPSA) is 70.5 Å². The van der Waals surface area contributed by atoms with E-state index < -0.39 is 11.5 Å². The Labute approximate surface area is 169 Å². The highest BCUT2D eigenvalue weighted by Crippen LogP contribution is 2.42. The summed E-state index contributed by atoms with van der Waals surface area (Å²) >= 11 is 0. The number of para-hydroxylation sites is 1. The van der Waals surface area contributed by atoms with Gasteiger partial charge in [0.25, 0.3) is 5.91 Å². The molecular weight excluding hydrogens is 364 g/mol. The van der Waals surface area contributed by atoms with Gasteiger partial charge in [-0.3, -0.25) is 14.6 Å². The zero-order chi connectivity index (χ0) is 20.3. The van der Waals surface area contributed by atoms with Crippen LogP contribution in [0.5, 0.6) is 0 Å². The van der Waals surface area contributed by atoms with Gasteiger partial charge in [0.2, 0.25) is 0 Å². The van der Waals surface area contributed by atoms with Crippen molar-refractivity contribution in [1.29, 1.82) is 0 Å². The SMILES string of the molecule is O=C(CC1(O)C(=O)N(CCCc2ccccc2)c2ccccc21)c1ccncc1. The Hall–Kier alpha value is -3.31. The summed E-state index contributed by atoms with van der Waals surface area (Å²) in [5, 5.41) is 11.3. The molecular formula is C24H22N2O3. The molecule has 5 heteroatoms. The number of hydrogen-bond acceptors (Lipinski definition) is 4. The molecule has 1 unspecified atom stereocenters. The van der Waals surface area contributed by atoms with Crippen LogP contribution in [0, 0.1) is 0 Å². The van der Waals surface area contributed by atoms with Crippen molar-refractivity contribution >= 4 is 17.4 Å². The standard InChI is InChI=1S/C24H22N2O3/c27-22(19-12-14-25-15-13-19)17-24(29)20-10-4-5-11-21(20)26(23(24)28)16-6-9-18-7-2-1-3-8-18/h1-5,7-8,10-15,29H,6,9,16-17H2. The van der Waals surface area contributed by atoms with E-state index in [1.165, 1.54) is 18.0 Å². The van der Waals surface area contributed by atoms with Crippen molar-refractivity contribution in [1.82, 2.24) is 4.98 Å². The maximum Gasteiger partial charge on any atom is 0.264 e. The number of aromatic nitrogens is 1. The predicted octanol–water partition coefficient (Wildman–Crippen LogP) is 3.52. The molecule has 0 radical (unpaired) electrons. The minimum absolute atomic E-state index is 0.288. The Morgan fingerprint density at radius 3 is 2.41 bits per heavy atom. The lowest BCUT2D eigenvalue weighted by Crippen LogP contribution is -2.42. The maximum atomic E-state index is 13.2. The number of nitrogens with zero attached hydrogens (tertiary/aromatic N) is 2. The number of hydrogen-bond donors (Lipinski definition) is 1. The van der Waals surface area contributed by atoms with Crippen LogP contribution in [-0.4, -0.2) is 28.3 Å². The van der Waals surface area contributed by atoms with E-state index in [1.54, 1.807) is 29.2 Å². The van der Waals surface area contributed by atoms with Crippen LogP contribution < -0.4 is 4.90 Å². The van der Waals surface area contributed by atoms with Gasteiger partial charge >= 0.3 is 0 Å². The molecule has 4 rings (SSSR count). The molecule has 0 saturated heterocycles. The monoisotopic (exact) mass is 386 g/mol. The number of aliphatic hydroxyl groups is 1. The van der Waals surface area contributed by atoms with E-state index >= 15 is 0 Å². The van der Waals surface area contributed by atoms with Gasteiger partial charge in [-0.25, -0.2) is 0 Å². The average Bonchev–Trinajstić information content (AvgIpc) is 2.97. The number of anilines is 1. The van der Waals surface area contributed by atoms with E-state index in [2.05, 4.69) is 17.1 Å². The minimum atomic E-state index is -1.84. The Bertz CT molecular complexity index is 1020. The lowest BCUT2D eigenvalue weighted by Gasteiger charge is -2.22. The second kappa shape index (κ2) is 7.97. The number of carbonyl (C=O) groups excluding carboxylic acids is 2. The van der Waals surface area contributed by atoms with Crippen molar-refractivity contribution in [3.8, 4) is 0 Å². The molecule has 1 aromatic heterocycles. The Morgan fingerprint density at radius 1 is 0.966 bits per heavy atom. The van der Waals surface area contributed by atoms with Gasteiger partial charge in [0.1, 0.15) is 0 Å². The van der Waals surface area contributed by atoms with Crippen LogP contribution in [0.2, 0.25) is 0 Å². The molecule has 1 aliphatic heterocycles. The molecule has 1 aliphatic rings. The smallest absolute Gasteiger partial charge is 0.264 e. The van der Waals surface area contributed by atoms with Gasteiger partial charge in [-0.1, -0.05) is 48.5 Å². The molecule has 0 spiro atoms. The summed E-state index contributed by atoms with van der Waals surface area (Å²) in [6, 6.07) is 20.4. The lowest BCUT2D eigenvalue weighted by atomic mass is 9.88. The number of ketones is 1. The van der Waals surface area contributed by atoms with E-state index in [4.69, 9.17) is 0 Å². The van der Waals surface area contributed by atoms with Crippen LogP contribution in [0.3, 0.4) is 0 Å². The van der Waals surface area contributed by atoms with E-state index in [0.717, 1.165) is 12.8 Å². The molecule has 146 valence electrons. The van der Waals surface area contributed by atoms with Crippen molar-refractivity contribution in [2.75, 3.05) is 11.4 Å². The summed E-state index contributed by atoms with van der Waals surface area (Å²) in [5.41, 5.74) is 0.962. The van der Waals surface area contributed by atoms with E-state index in [1.807, 2.05) is 30.3 Å². The van der Waals surface area contributed by atoms with Gasteiger partial charge in [0.05, 0.1) is 12.1 Å². The van der Waals surface area contributed by atoms with E-state index in [-0.39, 0.29) is 12.2 Å². The summed E-state index contributed by atoms with van der Waals surface area (Å²) < 4.78 is 0. The van der Waals surface area contributed by atoms with Crippen LogP contribution in [0.1, 0.15) is 34.3 Å². The number of benzene rings is 2. The Morgan fingerprint density at radius 2 is 1.66 bits per heavy atom. The quantitative estimate of drug-likeness (QED) is 0.631. The number of Topliss-reactive ketones (excluding diaryl/α,β-unsaturated/α-hetero) is 1. The molecule has 2 aromatic carbocycles. The van der Waals surface area contributed by atoms with Crippen LogP contribution in [0.4, 0.5) is 5.69 Å². The Kier molecular flexibility index (Phi) is 5.23. The van der Waals surface area contributed by atoms with Crippen LogP contribution in [-0.2, 0) is 16.8 Å². The molecule has 0 aliphatic carbocycles. The van der Waals surface area contributed by atoms with Gasteiger partial charge in [-0.2, -0.15) is 0 Å². The van der Waals surface area contributed by atoms with Crippen molar-refractivity contribution in [3.05, 3.63) is 95.8 Å². The summed E-state index contributed by atoms with van der Waals surface area (Å²) in [6.07, 6.45) is 4.36. The number of pyridine rings is 1. The van der Waals surface area contributed by atoms with E-state index in [9.17, 15) is 14.7 Å². The predicted molar refractivity (Wildman–Crippen MR) is 111 cm³/mol. The number of amides is 1. The first-order valence-electron chi connectivity index (χ1n) is 9.70. The fraction of sp³-hybridized carbons (Fsp3) is 0.208. The minimum Gasteiger partial charge on any atom is -0.375 e. The maximum absolute atomic E-state index is 13.2. The summed E-state index contributed by atoms with van der Waals surface area (Å²) in [6.45, 7) is 0.483. The highest BCUT2D eigenvalue weighted by molar-refractivity contribution is 6.10. The highest BCUT2D eigenvalue weighted by Gasteiger charge is 2.50. The molecule has 3 aromatic rings. The fourth-order valence-electron chi connectivity index (χ4n) is 3.86. The zero-order valence-corrected chi connectivity index (χ0v) is 16.0. The van der Waals surface area contributed by atoms with Gasteiger partial charge in [0, 0.05) is 30.1 Å². The van der Waals surface area contributed by atoms with Gasteiger partial charge in [-0.05, 0) is 36.6 Å². The van der Waals surface area contributed by atoms with Crippen molar-refractivity contribution in [3.63, 3.8) is 0 Å². The largest absolute Gasteiger partial charge is 0.375 e. The highest BCUT2D eigenvalue weighted by atomic mass is 16.3. The first-order valence-corrected chi connectivity index (χ1v) is 9.70. The summed E-state index contributed by atoms with van der Waals surface area (Å²) in [5.74, 6) is -0.724. The molecule has 1 amide bonds. The van der Waals surface area contributed by atoms with Crippen LogP contribution >= 0.6 is 0 Å². The summed E-state index contributed by atoms with van der Waals surface area (Å²) in [4.78, 5) is 31.4. The molecule has 1 atom stereocenters. The fourth-order valence-corrected chi connectivity index (χ4v) is 3.86. The number of carbonyl (C=O) groups is 2. The average molecular weight is 386 g/mol. The molecule has 5 nitrogen and oxygen atoms in total. The molecule has 0 saturated carbocycles. The van der Waals surface area contributed by atoms with Crippen LogP contribution in [0.25, 0.3) is 0 Å². The molecule has 29 heavy (non-hydrogen) atoms. The normalized spacial score (nSPS) is 18.0. The first-order chi connectivity index (χ1) is 14.1. The molecule has 2 heterocycles. The third kappa shape index (κ3) is 3.69. The van der Waals surface area contributed by atoms with E-state index in [0.29, 0.717) is 23.4 Å². The Balaban J connectivity index is 1.54. The third-order valence-electron chi connectivity index (χ3n) is 5.35. The molecule has 1 N–H and O–H groups in total. The van der Waals surface area contributed by atoms with Gasteiger partial charge in [-0.15, -0.1) is 0 Å². The van der Waals surface area contributed by atoms with Gasteiger partial charge in [0.15, 0.2) is 11.4 Å². The first kappa shape index (κ1) is 19.0. The number of fused-ring (bicyclic) bond motifs is 1. The van der Waals surface area contributed by atoms with Crippen LogP contribution in [0.15, 0.2) is 79.1 Å². The second-order valence-electron chi connectivity index (χ2n) is 7.26. The van der Waals surface area contributed by atoms with Crippen molar-refractivity contribution in [2.24, 2.45) is 0 Å². The third-order valence-corrected chi connectivity index (χ3v) is 5.35. The second-order valence-corrected chi connectivity index (χ2v) is 7.26. The number of rotatable bonds is 7. The zero-order valence-electron chi connectivity index (χ0n) is 16.0. The number of aryl methyl sites for hydroxylation is 1. The van der Waals surface area contributed by atoms with Crippen molar-refractivity contribution in [2.45, 2.75) is 24.9 Å². The molecule has 0 bridgehead atoms. The van der Waals surface area contributed by atoms with Crippen molar-refractivity contribution < 1.29 is 14.7 Å². The lowest BCUT2D eigenvalue weighted by molar-refractivity contribution is -0.135. The van der Waals surface area contributed by atoms with Gasteiger partial charge < -0.3 is 10.0 Å².